The summed E-state index contributed by atoms with van der Waals surface area (Å²) in [6, 6.07) is 16.1. The van der Waals surface area contributed by atoms with Gasteiger partial charge in [-0.25, -0.2) is 4.68 Å². The number of nitrogens with zero attached hydrogens (tertiary/aromatic N) is 3. The van der Waals surface area contributed by atoms with E-state index >= 15 is 0 Å². The van der Waals surface area contributed by atoms with Gasteiger partial charge in [-0.1, -0.05) is 54.3 Å². The second-order valence-electron chi connectivity index (χ2n) is 7.49. The van der Waals surface area contributed by atoms with E-state index in [1.54, 1.807) is 49.0 Å². The van der Waals surface area contributed by atoms with Crippen LogP contribution in [0.25, 0.3) is 11.8 Å². The van der Waals surface area contributed by atoms with Gasteiger partial charge in [0.15, 0.2) is 4.32 Å². The van der Waals surface area contributed by atoms with Crippen molar-refractivity contribution >= 4 is 51.9 Å². The van der Waals surface area contributed by atoms with Crippen LogP contribution in [-0.4, -0.2) is 37.3 Å². The van der Waals surface area contributed by atoms with Crippen molar-refractivity contribution in [2.24, 2.45) is 7.05 Å². The van der Waals surface area contributed by atoms with E-state index in [1.807, 2.05) is 30.3 Å². The van der Waals surface area contributed by atoms with Crippen molar-refractivity contribution in [3.8, 4) is 11.4 Å². The number of amides is 1. The van der Waals surface area contributed by atoms with Gasteiger partial charge in [-0.15, -0.1) is 0 Å². The van der Waals surface area contributed by atoms with Gasteiger partial charge < -0.3 is 9.84 Å². The Kier molecular flexibility index (Phi) is 6.71. The lowest BCUT2D eigenvalue weighted by molar-refractivity contribution is -0.137. The molecule has 0 aliphatic carbocycles. The minimum absolute atomic E-state index is 0.0737. The number of thioether (sulfide) groups is 1. The van der Waals surface area contributed by atoms with Gasteiger partial charge in [0.1, 0.15) is 11.4 Å². The zero-order valence-corrected chi connectivity index (χ0v) is 20.1. The van der Waals surface area contributed by atoms with Gasteiger partial charge in [0, 0.05) is 7.05 Å². The molecule has 1 aliphatic heterocycles. The number of benzene rings is 2. The molecule has 1 aliphatic rings. The molecule has 10 heteroatoms. The van der Waals surface area contributed by atoms with E-state index < -0.39 is 5.97 Å². The summed E-state index contributed by atoms with van der Waals surface area (Å²) >= 11 is 6.61. The number of carboxylic acid groups (broad SMARTS) is 1. The third kappa shape index (κ3) is 4.55. The first-order chi connectivity index (χ1) is 16.3. The van der Waals surface area contributed by atoms with Crippen LogP contribution in [0.5, 0.6) is 5.75 Å². The molecule has 8 nitrogen and oxygen atoms in total. The molecule has 1 fully saturated rings. The fourth-order valence-corrected chi connectivity index (χ4v) is 4.81. The molecule has 2 heterocycles. The Morgan fingerprint density at radius 3 is 2.44 bits per heavy atom. The molecule has 1 N–H and O–H groups in total. The molecule has 3 aromatic rings. The first kappa shape index (κ1) is 23.5. The first-order valence-electron chi connectivity index (χ1n) is 10.3. The lowest BCUT2D eigenvalue weighted by Crippen LogP contribution is -2.33. The van der Waals surface area contributed by atoms with Gasteiger partial charge in [-0.2, -0.15) is 0 Å². The van der Waals surface area contributed by atoms with Crippen molar-refractivity contribution in [2.45, 2.75) is 13.3 Å². The summed E-state index contributed by atoms with van der Waals surface area (Å²) in [5.41, 5.74) is 1.97. The van der Waals surface area contributed by atoms with Gasteiger partial charge in [-0.3, -0.25) is 24.0 Å². The number of carbonyl (C=O) groups is 2. The number of aromatic nitrogens is 2. The molecule has 34 heavy (non-hydrogen) atoms. The van der Waals surface area contributed by atoms with Gasteiger partial charge in [0.25, 0.3) is 11.5 Å². The summed E-state index contributed by atoms with van der Waals surface area (Å²) in [6.45, 7) is 1.85. The van der Waals surface area contributed by atoms with Crippen LogP contribution < -0.4 is 15.2 Å². The molecule has 0 spiro atoms. The summed E-state index contributed by atoms with van der Waals surface area (Å²) < 4.78 is 8.89. The molecule has 4 rings (SSSR count). The number of hydrogen-bond acceptors (Lipinski definition) is 6. The van der Waals surface area contributed by atoms with Crippen molar-refractivity contribution in [1.29, 1.82) is 0 Å². The van der Waals surface area contributed by atoms with Crippen LogP contribution in [-0.2, 0) is 16.6 Å². The third-order valence-corrected chi connectivity index (χ3v) is 6.61. The second kappa shape index (κ2) is 9.70. The van der Waals surface area contributed by atoms with Crippen LogP contribution in [0.3, 0.4) is 0 Å². The number of aliphatic carboxylic acids is 1. The number of para-hydroxylation sites is 1. The molecule has 0 saturated carbocycles. The highest BCUT2D eigenvalue weighted by molar-refractivity contribution is 8.27. The fraction of sp³-hybridized carbons (Fsp3) is 0.167. The van der Waals surface area contributed by atoms with E-state index in [-0.39, 0.29) is 34.5 Å². The maximum atomic E-state index is 13.3. The largest absolute Gasteiger partial charge is 0.493 e. The third-order valence-electron chi connectivity index (χ3n) is 5.30. The highest BCUT2D eigenvalue weighted by Gasteiger charge is 2.37. The Morgan fingerprint density at radius 1 is 1.12 bits per heavy atom. The van der Waals surface area contributed by atoms with Gasteiger partial charge in [-0.05, 0) is 42.8 Å². The smallest absolute Gasteiger partial charge is 0.306 e. The maximum Gasteiger partial charge on any atom is 0.306 e. The molecule has 1 aromatic heterocycles. The molecule has 1 saturated heterocycles. The van der Waals surface area contributed by atoms with Crippen molar-refractivity contribution in [1.82, 2.24) is 9.36 Å². The lowest BCUT2D eigenvalue weighted by atomic mass is 10.2. The number of thiocarbonyl (C=S) groups is 1. The normalized spacial score (nSPS) is 14.8. The second-order valence-corrected chi connectivity index (χ2v) is 9.16. The highest BCUT2D eigenvalue weighted by Crippen LogP contribution is 2.36. The molecule has 0 radical (unpaired) electrons. The minimum atomic E-state index is -0.928. The molecule has 0 unspecified atom stereocenters. The molecule has 174 valence electrons. The number of rotatable bonds is 7. The summed E-state index contributed by atoms with van der Waals surface area (Å²) in [6.07, 6.45) is 1.61. The summed E-state index contributed by atoms with van der Waals surface area (Å²) in [7, 11) is 1.76. The van der Waals surface area contributed by atoms with E-state index in [9.17, 15) is 14.4 Å². The molecule has 1 amide bonds. The van der Waals surface area contributed by atoms with Crippen LogP contribution in [0.4, 0.5) is 5.69 Å². The number of carboxylic acids is 1. The molecule has 2 aromatic carbocycles. The molecular formula is C24H21N3O5S2. The van der Waals surface area contributed by atoms with Crippen LogP contribution in [0.2, 0.25) is 0 Å². The van der Waals surface area contributed by atoms with Crippen molar-refractivity contribution in [2.75, 3.05) is 11.5 Å². The predicted molar refractivity (Wildman–Crippen MR) is 136 cm³/mol. The first-order valence-corrected chi connectivity index (χ1v) is 11.6. The Bertz CT molecular complexity index is 1360. The van der Waals surface area contributed by atoms with Gasteiger partial charge in [0.05, 0.1) is 29.3 Å². The molecule has 0 atom stereocenters. The summed E-state index contributed by atoms with van der Waals surface area (Å²) in [5.74, 6) is -0.752. The lowest BCUT2D eigenvalue weighted by Gasteiger charge is -2.12. The summed E-state index contributed by atoms with van der Waals surface area (Å²) in [4.78, 5) is 38.9. The predicted octanol–water partition coefficient (Wildman–Crippen LogP) is 3.74. The molecular weight excluding hydrogens is 474 g/mol. The van der Waals surface area contributed by atoms with E-state index in [0.29, 0.717) is 22.0 Å². The summed E-state index contributed by atoms with van der Waals surface area (Å²) in [5, 5.41) is 8.70. The average Bonchev–Trinajstić information content (AvgIpc) is 3.20. The van der Waals surface area contributed by atoms with Gasteiger partial charge >= 0.3 is 5.97 Å². The van der Waals surface area contributed by atoms with Gasteiger partial charge in [0.2, 0.25) is 0 Å². The monoisotopic (exact) mass is 495 g/mol. The Balaban J connectivity index is 1.60. The van der Waals surface area contributed by atoms with E-state index in [2.05, 4.69) is 0 Å². The number of carbonyl (C=O) groups excluding carboxylic acids is 1. The zero-order valence-electron chi connectivity index (χ0n) is 18.4. The maximum absolute atomic E-state index is 13.3. The van der Waals surface area contributed by atoms with E-state index in [4.69, 9.17) is 22.1 Å². The minimum Gasteiger partial charge on any atom is -0.493 e. The zero-order chi connectivity index (χ0) is 24.4. The Hall–Kier alpha value is -3.63. The number of ether oxygens (including phenoxy) is 1. The highest BCUT2D eigenvalue weighted by atomic mass is 32.2. The quantitative estimate of drug-likeness (QED) is 0.394. The van der Waals surface area contributed by atoms with Crippen LogP contribution in [0.15, 0.2) is 64.3 Å². The average molecular weight is 496 g/mol. The standard InChI is InChI=1S/C24H21N3O5S2/c1-15-21(23(31)27(25(15)2)17-6-4-3-5-7-17)26-22(30)19(34-24(26)33)14-16-8-10-18(11-9-16)32-13-12-20(28)29/h3-11,14H,12-13H2,1-2H3,(H,28,29)/b19-14+. The number of anilines is 1. The topological polar surface area (TPSA) is 93.8 Å². The SMILES string of the molecule is Cc1c(N2C(=O)/C(=C\c3ccc(OCCC(=O)O)cc3)SC2=S)c(=O)n(-c2ccccc2)n1C. The van der Waals surface area contributed by atoms with Crippen molar-refractivity contribution < 1.29 is 19.4 Å². The number of hydrogen-bond donors (Lipinski definition) is 1. The Morgan fingerprint density at radius 2 is 1.79 bits per heavy atom. The van der Waals surface area contributed by atoms with E-state index in [0.717, 1.165) is 17.3 Å². The Labute approximate surface area is 205 Å². The van der Waals surface area contributed by atoms with Crippen molar-refractivity contribution in [3.05, 3.63) is 81.1 Å². The molecule has 0 bridgehead atoms. The van der Waals surface area contributed by atoms with Crippen LogP contribution >= 0.6 is 24.0 Å². The van der Waals surface area contributed by atoms with Crippen LogP contribution in [0.1, 0.15) is 17.7 Å². The van der Waals surface area contributed by atoms with Crippen molar-refractivity contribution in [3.63, 3.8) is 0 Å². The van der Waals surface area contributed by atoms with E-state index in [1.165, 1.54) is 9.58 Å². The fourth-order valence-electron chi connectivity index (χ4n) is 3.54. The van der Waals surface area contributed by atoms with Crippen LogP contribution in [0, 0.1) is 6.92 Å².